The molecule has 2 aromatic rings. The highest BCUT2D eigenvalue weighted by atomic mass is 35.5. The van der Waals surface area contributed by atoms with Crippen molar-refractivity contribution >= 4 is 46.5 Å². The molecule has 158 valence electrons. The van der Waals surface area contributed by atoms with Gasteiger partial charge < -0.3 is 25.2 Å². The van der Waals surface area contributed by atoms with E-state index in [9.17, 15) is 15.0 Å². The van der Waals surface area contributed by atoms with Crippen LogP contribution in [0.3, 0.4) is 0 Å². The molecule has 0 saturated carbocycles. The summed E-state index contributed by atoms with van der Waals surface area (Å²) in [5, 5.41) is 24.0. The Hall–Kier alpha value is -2.22. The van der Waals surface area contributed by atoms with E-state index in [4.69, 9.17) is 40.2 Å². The van der Waals surface area contributed by atoms with Crippen LogP contribution in [0.4, 0.5) is 0 Å². The zero-order valence-electron chi connectivity index (χ0n) is 16.1. The van der Waals surface area contributed by atoms with Gasteiger partial charge in [0.1, 0.15) is 6.10 Å². The van der Waals surface area contributed by atoms with Gasteiger partial charge in [-0.1, -0.05) is 47.5 Å². The third-order valence-electron chi connectivity index (χ3n) is 5.58. The minimum absolute atomic E-state index is 0.0726. The van der Waals surface area contributed by atoms with Gasteiger partial charge in [-0.3, -0.25) is 4.79 Å². The average molecular weight is 467 g/mol. The Morgan fingerprint density at radius 3 is 2.57 bits per heavy atom. The van der Waals surface area contributed by atoms with E-state index in [2.05, 4.69) is 5.32 Å². The topological polar surface area (TPSA) is 82.0 Å². The van der Waals surface area contributed by atoms with Crippen molar-refractivity contribution in [2.24, 2.45) is 0 Å². The first-order valence-corrected chi connectivity index (χ1v) is 10.7. The molecule has 0 aromatic heterocycles. The third-order valence-corrected chi connectivity index (χ3v) is 6.77. The SMILES string of the molecule is CC(=O)O[C@H]1Cc2ccccc2[C@H]1NC(=S)N1CCc2c(Cl)c(O)c(O)c(Cl)c2C1. The Morgan fingerprint density at radius 2 is 1.87 bits per heavy atom. The lowest BCUT2D eigenvalue weighted by molar-refractivity contribution is -0.147. The van der Waals surface area contributed by atoms with Gasteiger partial charge in [-0.25, -0.2) is 0 Å². The van der Waals surface area contributed by atoms with E-state index in [-0.39, 0.29) is 28.2 Å². The molecule has 6 nitrogen and oxygen atoms in total. The fourth-order valence-corrected chi connectivity index (χ4v) is 4.99. The van der Waals surface area contributed by atoms with Gasteiger partial charge in [0.05, 0.1) is 16.1 Å². The number of benzene rings is 2. The van der Waals surface area contributed by atoms with Crippen LogP contribution in [-0.4, -0.2) is 38.8 Å². The fourth-order valence-electron chi connectivity index (χ4n) is 4.15. The quantitative estimate of drug-likeness (QED) is 0.352. The number of fused-ring (bicyclic) bond motifs is 2. The van der Waals surface area contributed by atoms with Crippen molar-refractivity contribution in [1.82, 2.24) is 10.2 Å². The molecule has 0 amide bonds. The summed E-state index contributed by atoms with van der Waals surface area (Å²) in [6, 6.07) is 7.67. The van der Waals surface area contributed by atoms with Crippen LogP contribution >= 0.6 is 35.4 Å². The summed E-state index contributed by atoms with van der Waals surface area (Å²) in [6.07, 6.45) is 0.778. The van der Waals surface area contributed by atoms with Gasteiger partial charge in [-0.05, 0) is 40.9 Å². The van der Waals surface area contributed by atoms with E-state index in [1.807, 2.05) is 29.2 Å². The first-order valence-electron chi connectivity index (χ1n) is 9.49. The number of aromatic hydroxyl groups is 2. The molecule has 4 rings (SSSR count). The molecule has 1 aliphatic heterocycles. The summed E-state index contributed by atoms with van der Waals surface area (Å²) in [5.74, 6) is -1.17. The Balaban J connectivity index is 1.57. The number of hydrogen-bond donors (Lipinski definition) is 3. The lowest BCUT2D eigenvalue weighted by Gasteiger charge is -2.34. The summed E-state index contributed by atoms with van der Waals surface area (Å²) < 4.78 is 5.54. The van der Waals surface area contributed by atoms with Gasteiger partial charge >= 0.3 is 5.97 Å². The first kappa shape index (κ1) is 21.0. The lowest BCUT2D eigenvalue weighted by atomic mass is 9.98. The number of phenols is 2. The molecule has 0 bridgehead atoms. The van der Waals surface area contributed by atoms with Crippen LogP contribution in [0.5, 0.6) is 11.5 Å². The maximum absolute atomic E-state index is 11.6. The molecule has 0 radical (unpaired) electrons. The lowest BCUT2D eigenvalue weighted by Crippen LogP contribution is -2.46. The number of ether oxygens (including phenoxy) is 1. The normalized spacial score (nSPS) is 19.8. The van der Waals surface area contributed by atoms with E-state index in [1.165, 1.54) is 6.92 Å². The van der Waals surface area contributed by atoms with Gasteiger partial charge in [0, 0.05) is 26.4 Å². The maximum atomic E-state index is 11.6. The molecular weight excluding hydrogens is 447 g/mol. The Kier molecular flexibility index (Phi) is 5.70. The number of rotatable bonds is 2. The van der Waals surface area contributed by atoms with Crippen molar-refractivity contribution in [3.8, 4) is 11.5 Å². The zero-order chi connectivity index (χ0) is 21.6. The number of nitrogens with one attached hydrogen (secondary N) is 1. The number of carbonyl (C=O) groups excluding carboxylic acids is 1. The van der Waals surface area contributed by atoms with E-state index in [1.54, 1.807) is 0 Å². The number of phenolic OH excluding ortho intramolecular Hbond substituents is 2. The third kappa shape index (κ3) is 3.66. The molecule has 0 saturated heterocycles. The van der Waals surface area contributed by atoms with Crippen molar-refractivity contribution in [3.05, 3.63) is 56.6 Å². The van der Waals surface area contributed by atoms with E-state index in [0.717, 1.165) is 11.1 Å². The molecule has 0 spiro atoms. The molecule has 2 atom stereocenters. The standard InChI is InChI=1S/C21H20Cl2N2O4S/c1-10(26)29-15-8-11-4-2-3-5-12(11)18(15)24-21(30)25-7-6-13-14(9-25)17(23)20(28)19(27)16(13)22/h2-5,15,18,27-28H,6-9H2,1H3,(H,24,30)/t15-,18+/m0/s1. The Morgan fingerprint density at radius 1 is 1.20 bits per heavy atom. The second-order valence-electron chi connectivity index (χ2n) is 7.43. The van der Waals surface area contributed by atoms with E-state index >= 15 is 0 Å². The van der Waals surface area contributed by atoms with E-state index in [0.29, 0.717) is 42.2 Å². The minimum Gasteiger partial charge on any atom is -0.503 e. The van der Waals surface area contributed by atoms with Crippen LogP contribution in [0, 0.1) is 0 Å². The second kappa shape index (κ2) is 8.13. The van der Waals surface area contributed by atoms with Crippen molar-refractivity contribution in [2.45, 2.75) is 38.5 Å². The van der Waals surface area contributed by atoms with Crippen molar-refractivity contribution in [2.75, 3.05) is 6.54 Å². The number of esters is 1. The largest absolute Gasteiger partial charge is 0.503 e. The molecule has 1 aliphatic carbocycles. The summed E-state index contributed by atoms with van der Waals surface area (Å²) in [7, 11) is 0. The summed E-state index contributed by atoms with van der Waals surface area (Å²) in [6.45, 7) is 2.29. The van der Waals surface area contributed by atoms with E-state index < -0.39 is 11.5 Å². The highest BCUT2D eigenvalue weighted by Gasteiger charge is 2.36. The van der Waals surface area contributed by atoms with Crippen molar-refractivity contribution in [3.63, 3.8) is 0 Å². The maximum Gasteiger partial charge on any atom is 0.302 e. The predicted molar refractivity (Wildman–Crippen MR) is 118 cm³/mol. The van der Waals surface area contributed by atoms with Gasteiger partial charge in [-0.15, -0.1) is 0 Å². The monoisotopic (exact) mass is 466 g/mol. The molecule has 0 unspecified atom stereocenters. The second-order valence-corrected chi connectivity index (χ2v) is 8.57. The number of hydrogen-bond acceptors (Lipinski definition) is 5. The van der Waals surface area contributed by atoms with Crippen LogP contribution in [0.15, 0.2) is 24.3 Å². The Bertz CT molecular complexity index is 1050. The van der Waals surface area contributed by atoms with Crippen LogP contribution in [0.2, 0.25) is 10.0 Å². The molecule has 2 aromatic carbocycles. The number of carbonyl (C=O) groups is 1. The van der Waals surface area contributed by atoms with Crippen LogP contribution in [-0.2, 0) is 28.9 Å². The molecule has 9 heteroatoms. The number of nitrogens with zero attached hydrogens (tertiary/aromatic N) is 1. The highest BCUT2D eigenvalue weighted by Crippen LogP contribution is 2.46. The zero-order valence-corrected chi connectivity index (χ0v) is 18.4. The van der Waals surface area contributed by atoms with Gasteiger partial charge in [0.2, 0.25) is 0 Å². The summed E-state index contributed by atoms with van der Waals surface area (Å²) >= 11 is 18.1. The molecule has 3 N–H and O–H groups in total. The smallest absolute Gasteiger partial charge is 0.302 e. The van der Waals surface area contributed by atoms with Crippen LogP contribution < -0.4 is 5.32 Å². The summed E-state index contributed by atoms with van der Waals surface area (Å²) in [5.41, 5.74) is 3.51. The predicted octanol–water partition coefficient (Wildman–Crippen LogP) is 3.87. The molecule has 1 heterocycles. The average Bonchev–Trinajstić information content (AvgIpc) is 3.06. The minimum atomic E-state index is -0.430. The van der Waals surface area contributed by atoms with Gasteiger partial charge in [-0.2, -0.15) is 0 Å². The first-order chi connectivity index (χ1) is 14.3. The number of halogens is 2. The number of thiocarbonyl (C=S) groups is 1. The molecule has 2 aliphatic rings. The molecular formula is C21H20Cl2N2O4S. The molecule has 30 heavy (non-hydrogen) atoms. The van der Waals surface area contributed by atoms with Crippen molar-refractivity contribution < 1.29 is 19.7 Å². The van der Waals surface area contributed by atoms with Crippen molar-refractivity contribution in [1.29, 1.82) is 0 Å². The van der Waals surface area contributed by atoms with Crippen LogP contribution in [0.25, 0.3) is 0 Å². The highest BCUT2D eigenvalue weighted by molar-refractivity contribution is 7.80. The van der Waals surface area contributed by atoms with Crippen LogP contribution in [0.1, 0.15) is 35.2 Å². The summed E-state index contributed by atoms with van der Waals surface area (Å²) in [4.78, 5) is 13.5. The van der Waals surface area contributed by atoms with Gasteiger partial charge in [0.25, 0.3) is 0 Å². The fraction of sp³-hybridized carbons (Fsp3) is 0.333. The molecule has 0 fully saturated rings. The Labute approximate surface area is 189 Å². The van der Waals surface area contributed by atoms with Gasteiger partial charge in [0.15, 0.2) is 16.6 Å².